The first-order chi connectivity index (χ1) is 14.4. The first-order valence-corrected chi connectivity index (χ1v) is 10.4. The molecular weight excluding hydrogens is 418 g/mol. The number of hydrogen-bond donors (Lipinski definition) is 0. The third-order valence-corrected chi connectivity index (χ3v) is 5.31. The quantitative estimate of drug-likeness (QED) is 0.550. The Morgan fingerprint density at radius 1 is 1.13 bits per heavy atom. The summed E-state index contributed by atoms with van der Waals surface area (Å²) in [5, 5.41) is 0.324. The molecular formula is C24H30ClNO5. The van der Waals surface area contributed by atoms with Gasteiger partial charge in [0.05, 0.1) is 29.1 Å². The van der Waals surface area contributed by atoms with Gasteiger partial charge in [-0.1, -0.05) is 23.7 Å². The Balaban J connectivity index is 2.76. The van der Waals surface area contributed by atoms with Crippen molar-refractivity contribution in [1.29, 1.82) is 0 Å². The molecule has 0 amide bonds. The van der Waals surface area contributed by atoms with Gasteiger partial charge in [-0.2, -0.15) is 0 Å². The highest BCUT2D eigenvalue weighted by Gasteiger charge is 2.34. The third-order valence-electron chi connectivity index (χ3n) is 4.82. The zero-order chi connectivity index (χ0) is 23.5. The van der Waals surface area contributed by atoms with Crippen LogP contribution in [-0.2, 0) is 30.4 Å². The van der Waals surface area contributed by atoms with Crippen LogP contribution >= 0.6 is 11.6 Å². The van der Waals surface area contributed by atoms with E-state index in [1.807, 2.05) is 59.7 Å². The highest BCUT2D eigenvalue weighted by Crippen LogP contribution is 2.38. The second-order valence-corrected chi connectivity index (χ2v) is 8.85. The summed E-state index contributed by atoms with van der Waals surface area (Å²) < 4.78 is 16.2. The first-order valence-electron chi connectivity index (χ1n) is 10.0. The number of carbonyl (C=O) groups is 2. The van der Waals surface area contributed by atoms with Gasteiger partial charge in [0.25, 0.3) is 0 Å². The minimum absolute atomic E-state index is 0.149. The van der Waals surface area contributed by atoms with Crippen molar-refractivity contribution in [2.24, 2.45) is 0 Å². The average molecular weight is 448 g/mol. The van der Waals surface area contributed by atoms with E-state index in [0.29, 0.717) is 27.5 Å². The topological polar surface area (TPSA) is 74.7 Å². The number of halogens is 1. The Morgan fingerprint density at radius 3 is 2.29 bits per heavy atom. The summed E-state index contributed by atoms with van der Waals surface area (Å²) in [5.41, 5.74) is 4.52. The Kier molecular flexibility index (Phi) is 7.84. The van der Waals surface area contributed by atoms with E-state index in [-0.39, 0.29) is 6.61 Å². The summed E-state index contributed by atoms with van der Waals surface area (Å²) in [6.07, 6.45) is -1.12. The standard InChI is InChI=1S/C24H30ClNO5/c1-13-9-10-17(11-14(13)2)21-15(3)20(25)19(18(26-21)12-30-16(4)27)22(23(28)29-8)31-24(5,6)7/h9-11,22H,12H2,1-8H3. The van der Waals surface area contributed by atoms with Crippen molar-refractivity contribution in [2.45, 2.75) is 66.8 Å². The van der Waals surface area contributed by atoms with Crippen molar-refractivity contribution in [3.05, 3.63) is 51.2 Å². The van der Waals surface area contributed by atoms with Crippen molar-refractivity contribution in [1.82, 2.24) is 4.98 Å². The van der Waals surface area contributed by atoms with Crippen LogP contribution in [0.2, 0.25) is 5.02 Å². The molecule has 2 rings (SSSR count). The van der Waals surface area contributed by atoms with E-state index in [4.69, 9.17) is 30.8 Å². The van der Waals surface area contributed by atoms with E-state index < -0.39 is 23.6 Å². The summed E-state index contributed by atoms with van der Waals surface area (Å²) in [5.74, 6) is -1.08. The fourth-order valence-electron chi connectivity index (χ4n) is 3.11. The van der Waals surface area contributed by atoms with Crippen LogP contribution in [-0.4, -0.2) is 29.6 Å². The van der Waals surface area contributed by atoms with Gasteiger partial charge in [-0.05, 0) is 64.3 Å². The molecule has 6 nitrogen and oxygen atoms in total. The van der Waals surface area contributed by atoms with E-state index in [1.165, 1.54) is 14.0 Å². The van der Waals surface area contributed by atoms with Gasteiger partial charge in [0.15, 0.2) is 6.10 Å². The summed E-state index contributed by atoms with van der Waals surface area (Å²) in [4.78, 5) is 28.9. The Labute approximate surface area is 188 Å². The molecule has 0 aliphatic heterocycles. The number of aromatic nitrogens is 1. The summed E-state index contributed by atoms with van der Waals surface area (Å²) in [7, 11) is 1.28. The molecule has 7 heteroatoms. The molecule has 168 valence electrons. The fraction of sp³-hybridized carbons (Fsp3) is 0.458. The van der Waals surface area contributed by atoms with E-state index in [2.05, 4.69) is 0 Å². The number of esters is 2. The highest BCUT2D eigenvalue weighted by atomic mass is 35.5. The molecule has 0 bridgehead atoms. The maximum absolute atomic E-state index is 12.6. The number of benzene rings is 1. The average Bonchev–Trinajstić information content (AvgIpc) is 2.68. The van der Waals surface area contributed by atoms with E-state index in [1.54, 1.807) is 0 Å². The number of methoxy groups -OCH3 is 1. The zero-order valence-electron chi connectivity index (χ0n) is 19.4. The van der Waals surface area contributed by atoms with Gasteiger partial charge >= 0.3 is 11.9 Å². The predicted molar refractivity (Wildman–Crippen MR) is 120 cm³/mol. The molecule has 0 aliphatic rings. The second-order valence-electron chi connectivity index (χ2n) is 8.47. The molecule has 0 fully saturated rings. The van der Waals surface area contributed by atoms with Crippen LogP contribution in [0.5, 0.6) is 0 Å². The van der Waals surface area contributed by atoms with Gasteiger partial charge in [0.1, 0.15) is 6.61 Å². The first kappa shape index (κ1) is 24.8. The molecule has 1 aromatic heterocycles. The zero-order valence-corrected chi connectivity index (χ0v) is 20.1. The van der Waals surface area contributed by atoms with Crippen LogP contribution in [0.1, 0.15) is 61.7 Å². The van der Waals surface area contributed by atoms with Crippen LogP contribution in [0.4, 0.5) is 0 Å². The van der Waals surface area contributed by atoms with Crippen LogP contribution in [0.15, 0.2) is 18.2 Å². The van der Waals surface area contributed by atoms with Gasteiger partial charge in [0, 0.05) is 18.1 Å². The lowest BCUT2D eigenvalue weighted by atomic mass is 9.97. The lowest BCUT2D eigenvalue weighted by molar-refractivity contribution is -0.164. The molecule has 1 unspecified atom stereocenters. The van der Waals surface area contributed by atoms with Crippen LogP contribution in [0.3, 0.4) is 0 Å². The minimum Gasteiger partial charge on any atom is -0.467 e. The third kappa shape index (κ3) is 6.05. The molecule has 1 heterocycles. The fourth-order valence-corrected chi connectivity index (χ4v) is 3.41. The molecule has 0 N–H and O–H groups in total. The number of pyridine rings is 1. The van der Waals surface area contributed by atoms with E-state index in [9.17, 15) is 9.59 Å². The molecule has 0 aliphatic carbocycles. The van der Waals surface area contributed by atoms with Crippen molar-refractivity contribution in [3.8, 4) is 11.3 Å². The maximum atomic E-state index is 12.6. The normalized spacial score (nSPS) is 12.4. The van der Waals surface area contributed by atoms with E-state index >= 15 is 0 Å². The van der Waals surface area contributed by atoms with Crippen LogP contribution in [0.25, 0.3) is 11.3 Å². The molecule has 0 saturated heterocycles. The molecule has 0 spiro atoms. The Hall–Kier alpha value is -2.44. The number of nitrogens with zero attached hydrogens (tertiary/aromatic N) is 1. The molecule has 2 aromatic rings. The van der Waals surface area contributed by atoms with E-state index in [0.717, 1.165) is 16.7 Å². The van der Waals surface area contributed by atoms with Gasteiger partial charge in [-0.15, -0.1) is 0 Å². The summed E-state index contributed by atoms with van der Waals surface area (Å²) >= 11 is 6.80. The molecule has 0 radical (unpaired) electrons. The number of carbonyl (C=O) groups excluding carboxylic acids is 2. The monoisotopic (exact) mass is 447 g/mol. The number of hydrogen-bond acceptors (Lipinski definition) is 6. The Morgan fingerprint density at radius 2 is 1.77 bits per heavy atom. The lowest BCUT2D eigenvalue weighted by Gasteiger charge is -2.28. The second kappa shape index (κ2) is 9.79. The van der Waals surface area contributed by atoms with Crippen molar-refractivity contribution in [3.63, 3.8) is 0 Å². The minimum atomic E-state index is -1.12. The van der Waals surface area contributed by atoms with Crippen LogP contribution < -0.4 is 0 Å². The summed E-state index contributed by atoms with van der Waals surface area (Å²) in [6, 6.07) is 6.01. The predicted octanol–water partition coefficient (Wildman–Crippen LogP) is 5.42. The number of ether oxygens (including phenoxy) is 3. The molecule has 31 heavy (non-hydrogen) atoms. The van der Waals surface area contributed by atoms with Crippen molar-refractivity contribution in [2.75, 3.05) is 7.11 Å². The lowest BCUT2D eigenvalue weighted by Crippen LogP contribution is -2.29. The smallest absolute Gasteiger partial charge is 0.339 e. The Bertz CT molecular complexity index is 994. The van der Waals surface area contributed by atoms with Crippen molar-refractivity contribution >= 4 is 23.5 Å². The summed E-state index contributed by atoms with van der Waals surface area (Å²) in [6.45, 7) is 12.5. The maximum Gasteiger partial charge on any atom is 0.339 e. The number of rotatable bonds is 6. The van der Waals surface area contributed by atoms with Gasteiger partial charge in [0.2, 0.25) is 0 Å². The SMILES string of the molecule is COC(=O)C(OC(C)(C)C)c1c(COC(C)=O)nc(-c2ccc(C)c(C)c2)c(C)c1Cl. The largest absolute Gasteiger partial charge is 0.467 e. The van der Waals surface area contributed by atoms with Gasteiger partial charge in [-0.3, -0.25) is 4.79 Å². The van der Waals surface area contributed by atoms with Gasteiger partial charge in [-0.25, -0.2) is 9.78 Å². The highest BCUT2D eigenvalue weighted by molar-refractivity contribution is 6.32. The molecule has 0 saturated carbocycles. The van der Waals surface area contributed by atoms with Crippen molar-refractivity contribution < 1.29 is 23.8 Å². The molecule has 1 atom stereocenters. The molecule has 1 aromatic carbocycles. The number of aryl methyl sites for hydroxylation is 2. The van der Waals surface area contributed by atoms with Gasteiger partial charge < -0.3 is 14.2 Å². The van der Waals surface area contributed by atoms with Crippen LogP contribution in [0, 0.1) is 20.8 Å².